The van der Waals surface area contributed by atoms with Gasteiger partial charge in [0.1, 0.15) is 0 Å². The molecule has 1 rings (SSSR count). The predicted octanol–water partition coefficient (Wildman–Crippen LogP) is 2.34. The molecule has 0 saturated heterocycles. The van der Waals surface area contributed by atoms with E-state index in [0.717, 1.165) is 0 Å². The summed E-state index contributed by atoms with van der Waals surface area (Å²) >= 11 is 0. The topological polar surface area (TPSA) is 0 Å². The first-order valence-electron chi connectivity index (χ1n) is 2.91. The first-order chi connectivity index (χ1) is 3.71. The van der Waals surface area contributed by atoms with E-state index in [1.54, 1.807) is 0 Å². The standard InChI is InChI=1S/C8H11/c1-8(2)6-4-3-5-7-8/h3-7H,1-2H3/q-1. The maximum absolute atomic E-state index is 2.19. The Balaban J connectivity index is 2.65. The predicted molar refractivity (Wildman–Crippen MR) is 36.4 cm³/mol. The Morgan fingerprint density at radius 2 is 2.00 bits per heavy atom. The maximum atomic E-state index is 2.19. The first kappa shape index (κ1) is 5.49. The number of allylic oxidation sites excluding steroid dienone is 4. The van der Waals surface area contributed by atoms with Crippen molar-refractivity contribution in [2.45, 2.75) is 13.8 Å². The summed E-state index contributed by atoms with van der Waals surface area (Å²) in [5.41, 5.74) is 0.286. The van der Waals surface area contributed by atoms with Gasteiger partial charge in [0.05, 0.1) is 0 Å². The molecule has 0 atom stereocenters. The molecular formula is C8H11-. The third-order valence-electron chi connectivity index (χ3n) is 1.27. The van der Waals surface area contributed by atoms with Gasteiger partial charge in [-0.2, -0.15) is 0 Å². The molecule has 44 valence electrons. The highest BCUT2D eigenvalue weighted by atomic mass is 14.2. The minimum atomic E-state index is 0.286. The van der Waals surface area contributed by atoms with Crippen molar-refractivity contribution in [2.75, 3.05) is 0 Å². The Morgan fingerprint density at radius 1 is 1.25 bits per heavy atom. The molecule has 0 nitrogen and oxygen atoms in total. The molecule has 1 aliphatic rings. The second kappa shape index (κ2) is 1.70. The van der Waals surface area contributed by atoms with Crippen molar-refractivity contribution in [3.05, 3.63) is 30.7 Å². The van der Waals surface area contributed by atoms with Crippen molar-refractivity contribution in [1.82, 2.24) is 0 Å². The van der Waals surface area contributed by atoms with Crippen LogP contribution in [0.15, 0.2) is 24.3 Å². The summed E-state index contributed by atoms with van der Waals surface area (Å²) in [6.07, 6.45) is 10.6. The Kier molecular flexibility index (Phi) is 1.16. The minimum absolute atomic E-state index is 0.286. The summed E-state index contributed by atoms with van der Waals surface area (Å²) in [6, 6.07) is 0. The summed E-state index contributed by atoms with van der Waals surface area (Å²) in [5.74, 6) is 0. The summed E-state index contributed by atoms with van der Waals surface area (Å²) in [7, 11) is 0. The Hall–Kier alpha value is -0.650. The third kappa shape index (κ3) is 1.16. The molecule has 0 bridgehead atoms. The lowest BCUT2D eigenvalue weighted by Gasteiger charge is -2.27. The van der Waals surface area contributed by atoms with Crippen molar-refractivity contribution >= 4 is 0 Å². The third-order valence-corrected chi connectivity index (χ3v) is 1.27. The van der Waals surface area contributed by atoms with Crippen LogP contribution in [0.5, 0.6) is 0 Å². The van der Waals surface area contributed by atoms with Gasteiger partial charge in [-0.05, 0) is 0 Å². The van der Waals surface area contributed by atoms with Gasteiger partial charge in [0.15, 0.2) is 0 Å². The van der Waals surface area contributed by atoms with Gasteiger partial charge in [0.2, 0.25) is 0 Å². The van der Waals surface area contributed by atoms with E-state index in [1.165, 1.54) is 0 Å². The molecular weight excluding hydrogens is 96.1 g/mol. The van der Waals surface area contributed by atoms with Gasteiger partial charge in [-0.15, -0.1) is 12.2 Å². The molecule has 0 heterocycles. The van der Waals surface area contributed by atoms with Crippen molar-refractivity contribution in [3.8, 4) is 0 Å². The smallest absolute Gasteiger partial charge is 0.0657 e. The fraction of sp³-hybridized carbons (Fsp3) is 0.375. The van der Waals surface area contributed by atoms with E-state index in [1.807, 2.05) is 6.08 Å². The zero-order valence-electron chi connectivity index (χ0n) is 5.39. The zero-order valence-corrected chi connectivity index (χ0v) is 5.39. The van der Waals surface area contributed by atoms with E-state index in [9.17, 15) is 0 Å². The van der Waals surface area contributed by atoms with Crippen LogP contribution >= 0.6 is 0 Å². The second-order valence-corrected chi connectivity index (χ2v) is 2.73. The summed E-state index contributed by atoms with van der Waals surface area (Å²) < 4.78 is 0. The molecule has 0 N–H and O–H groups in total. The summed E-state index contributed by atoms with van der Waals surface area (Å²) in [4.78, 5) is 0. The maximum Gasteiger partial charge on any atom is -0.0657 e. The van der Waals surface area contributed by atoms with Gasteiger partial charge in [-0.3, -0.25) is 0 Å². The SMILES string of the molecule is CC1(C)C=CC=C[CH-]1. The van der Waals surface area contributed by atoms with Crippen molar-refractivity contribution in [3.63, 3.8) is 0 Å². The highest BCUT2D eigenvalue weighted by Gasteiger charge is 2.04. The second-order valence-electron chi connectivity index (χ2n) is 2.73. The van der Waals surface area contributed by atoms with Crippen LogP contribution in [-0.4, -0.2) is 0 Å². The monoisotopic (exact) mass is 107 g/mol. The lowest BCUT2D eigenvalue weighted by molar-refractivity contribution is 0.584. The van der Waals surface area contributed by atoms with Crippen molar-refractivity contribution in [1.29, 1.82) is 0 Å². The van der Waals surface area contributed by atoms with E-state index in [0.29, 0.717) is 0 Å². The summed E-state index contributed by atoms with van der Waals surface area (Å²) in [6.45, 7) is 4.38. The van der Waals surface area contributed by atoms with Gasteiger partial charge >= 0.3 is 0 Å². The van der Waals surface area contributed by atoms with Crippen molar-refractivity contribution < 1.29 is 0 Å². The molecule has 0 aliphatic heterocycles. The van der Waals surface area contributed by atoms with Crippen LogP contribution in [0.4, 0.5) is 0 Å². The van der Waals surface area contributed by atoms with E-state index >= 15 is 0 Å². The van der Waals surface area contributed by atoms with Gasteiger partial charge in [-0.25, -0.2) is 18.6 Å². The quantitative estimate of drug-likeness (QED) is 0.417. The van der Waals surface area contributed by atoms with Gasteiger partial charge in [0.25, 0.3) is 0 Å². The minimum Gasteiger partial charge on any atom is -0.227 e. The Morgan fingerprint density at radius 3 is 2.25 bits per heavy atom. The molecule has 8 heavy (non-hydrogen) atoms. The van der Waals surface area contributed by atoms with Crippen molar-refractivity contribution in [2.24, 2.45) is 5.41 Å². The zero-order chi connectivity index (χ0) is 6.04. The lowest BCUT2D eigenvalue weighted by Crippen LogP contribution is -2.07. The fourth-order valence-corrected chi connectivity index (χ4v) is 0.727. The fourth-order valence-electron chi connectivity index (χ4n) is 0.727. The van der Waals surface area contributed by atoms with Crippen LogP contribution in [0.3, 0.4) is 0 Å². The number of hydrogen-bond donors (Lipinski definition) is 0. The van der Waals surface area contributed by atoms with Crippen LogP contribution in [0, 0.1) is 11.8 Å². The molecule has 0 amide bonds. The van der Waals surface area contributed by atoms with Crippen LogP contribution < -0.4 is 0 Å². The normalized spacial score (nSPS) is 22.8. The van der Waals surface area contributed by atoms with Crippen LogP contribution in [-0.2, 0) is 0 Å². The summed E-state index contributed by atoms with van der Waals surface area (Å²) in [5, 5.41) is 0. The van der Waals surface area contributed by atoms with Gasteiger partial charge in [-0.1, -0.05) is 19.3 Å². The van der Waals surface area contributed by atoms with Crippen LogP contribution in [0.25, 0.3) is 0 Å². The Labute approximate surface area is 50.9 Å². The molecule has 0 saturated carbocycles. The van der Waals surface area contributed by atoms with Gasteiger partial charge < -0.3 is 0 Å². The largest absolute Gasteiger partial charge is 0.227 e. The molecule has 1 aliphatic carbocycles. The molecule has 0 aromatic carbocycles. The van der Waals surface area contributed by atoms with Crippen LogP contribution in [0.1, 0.15) is 13.8 Å². The molecule has 0 fully saturated rings. The van der Waals surface area contributed by atoms with E-state index in [2.05, 4.69) is 38.5 Å². The number of hydrogen-bond acceptors (Lipinski definition) is 0. The average Bonchev–Trinajstić information content (AvgIpc) is 1.65. The molecule has 0 aromatic rings. The average molecular weight is 107 g/mol. The molecule has 0 heteroatoms. The molecule has 0 unspecified atom stereocenters. The van der Waals surface area contributed by atoms with E-state index in [-0.39, 0.29) is 5.41 Å². The first-order valence-corrected chi connectivity index (χ1v) is 2.91. The Bertz CT molecular complexity index is 127. The van der Waals surface area contributed by atoms with E-state index in [4.69, 9.17) is 0 Å². The lowest BCUT2D eigenvalue weighted by atomic mass is 9.86. The van der Waals surface area contributed by atoms with Gasteiger partial charge in [0, 0.05) is 0 Å². The highest BCUT2D eigenvalue weighted by molar-refractivity contribution is 5.22. The molecule has 0 aromatic heterocycles. The van der Waals surface area contributed by atoms with Crippen LogP contribution in [0.2, 0.25) is 0 Å². The molecule has 0 radical (unpaired) electrons. The number of rotatable bonds is 0. The highest BCUT2D eigenvalue weighted by Crippen LogP contribution is 2.23. The molecule has 0 spiro atoms. The van der Waals surface area contributed by atoms with E-state index < -0.39 is 0 Å².